The van der Waals surface area contributed by atoms with E-state index in [0.717, 1.165) is 28.1 Å². The highest BCUT2D eigenvalue weighted by molar-refractivity contribution is 9.10. The molecule has 0 aliphatic rings. The number of hydrogen-bond donors (Lipinski definition) is 2. The van der Waals surface area contributed by atoms with Crippen LogP contribution in [0.15, 0.2) is 22.9 Å². The second-order valence-electron chi connectivity index (χ2n) is 4.27. The SMILES string of the molecule is Cc1cc(C)c(NCc2nc[nH]c2C)c(Br)c1. The Morgan fingerprint density at radius 2 is 2.06 bits per heavy atom. The number of H-pyrrole nitrogens is 1. The average molecular weight is 294 g/mol. The first-order valence-electron chi connectivity index (χ1n) is 5.57. The van der Waals surface area contributed by atoms with E-state index in [0.29, 0.717) is 0 Å². The Hall–Kier alpha value is -1.29. The summed E-state index contributed by atoms with van der Waals surface area (Å²) < 4.78 is 1.10. The number of imidazole rings is 1. The fourth-order valence-electron chi connectivity index (χ4n) is 1.88. The lowest BCUT2D eigenvalue weighted by atomic mass is 10.1. The van der Waals surface area contributed by atoms with Gasteiger partial charge in [0.25, 0.3) is 0 Å². The summed E-state index contributed by atoms with van der Waals surface area (Å²) in [4.78, 5) is 7.35. The minimum atomic E-state index is 0.734. The van der Waals surface area contributed by atoms with Crippen molar-refractivity contribution in [1.29, 1.82) is 0 Å². The van der Waals surface area contributed by atoms with Crippen LogP contribution >= 0.6 is 15.9 Å². The Balaban J connectivity index is 2.17. The molecule has 4 heteroatoms. The molecular weight excluding hydrogens is 278 g/mol. The highest BCUT2D eigenvalue weighted by Crippen LogP contribution is 2.28. The van der Waals surface area contributed by atoms with E-state index in [1.807, 2.05) is 6.92 Å². The van der Waals surface area contributed by atoms with Gasteiger partial charge in [0.15, 0.2) is 0 Å². The highest BCUT2D eigenvalue weighted by atomic mass is 79.9. The molecule has 1 aromatic heterocycles. The molecule has 3 nitrogen and oxygen atoms in total. The van der Waals surface area contributed by atoms with Crippen LogP contribution in [0, 0.1) is 20.8 Å². The quantitative estimate of drug-likeness (QED) is 0.906. The summed E-state index contributed by atoms with van der Waals surface area (Å²) in [6, 6.07) is 4.29. The van der Waals surface area contributed by atoms with Gasteiger partial charge in [0, 0.05) is 10.2 Å². The summed E-state index contributed by atoms with van der Waals surface area (Å²) in [5.41, 5.74) is 5.80. The van der Waals surface area contributed by atoms with Gasteiger partial charge in [0.05, 0.1) is 24.3 Å². The van der Waals surface area contributed by atoms with Gasteiger partial charge in [-0.2, -0.15) is 0 Å². The Labute approximate surface area is 110 Å². The number of aryl methyl sites for hydroxylation is 3. The van der Waals surface area contributed by atoms with Gasteiger partial charge in [-0.3, -0.25) is 0 Å². The molecule has 0 bridgehead atoms. The molecule has 0 saturated carbocycles. The van der Waals surface area contributed by atoms with Crippen molar-refractivity contribution in [3.8, 4) is 0 Å². The van der Waals surface area contributed by atoms with Crippen molar-refractivity contribution >= 4 is 21.6 Å². The van der Waals surface area contributed by atoms with Gasteiger partial charge in [0.1, 0.15) is 0 Å². The zero-order valence-corrected chi connectivity index (χ0v) is 11.9. The number of aromatic amines is 1. The number of nitrogens with zero attached hydrogens (tertiary/aromatic N) is 1. The number of benzene rings is 1. The lowest BCUT2D eigenvalue weighted by molar-refractivity contribution is 1.04. The van der Waals surface area contributed by atoms with E-state index in [9.17, 15) is 0 Å². The van der Waals surface area contributed by atoms with Gasteiger partial charge in [-0.1, -0.05) is 6.07 Å². The first kappa shape index (κ1) is 12.2. The summed E-state index contributed by atoms with van der Waals surface area (Å²) in [5, 5.41) is 3.42. The zero-order valence-electron chi connectivity index (χ0n) is 10.3. The van der Waals surface area contributed by atoms with E-state index in [-0.39, 0.29) is 0 Å². The number of anilines is 1. The van der Waals surface area contributed by atoms with Crippen LogP contribution in [-0.4, -0.2) is 9.97 Å². The molecule has 0 unspecified atom stereocenters. The van der Waals surface area contributed by atoms with Crippen LogP contribution in [0.2, 0.25) is 0 Å². The van der Waals surface area contributed by atoms with Crippen LogP contribution in [0.5, 0.6) is 0 Å². The summed E-state index contributed by atoms with van der Waals surface area (Å²) in [6.45, 7) is 6.97. The standard InChI is InChI=1S/C13H16BrN3/c1-8-4-9(2)13(11(14)5-8)15-6-12-10(3)16-7-17-12/h4-5,7,15H,6H2,1-3H3,(H,16,17). The van der Waals surface area contributed by atoms with E-state index < -0.39 is 0 Å². The Morgan fingerprint density at radius 3 is 2.65 bits per heavy atom. The largest absolute Gasteiger partial charge is 0.378 e. The van der Waals surface area contributed by atoms with Crippen molar-refractivity contribution < 1.29 is 0 Å². The van der Waals surface area contributed by atoms with Gasteiger partial charge < -0.3 is 10.3 Å². The van der Waals surface area contributed by atoms with Gasteiger partial charge in [-0.25, -0.2) is 4.98 Å². The third-order valence-electron chi connectivity index (χ3n) is 2.80. The van der Waals surface area contributed by atoms with Gasteiger partial charge >= 0.3 is 0 Å². The third kappa shape index (κ3) is 2.69. The van der Waals surface area contributed by atoms with Crippen LogP contribution in [0.3, 0.4) is 0 Å². The average Bonchev–Trinajstić information content (AvgIpc) is 2.62. The van der Waals surface area contributed by atoms with Crippen LogP contribution < -0.4 is 5.32 Å². The number of halogens is 1. The molecule has 17 heavy (non-hydrogen) atoms. The molecule has 1 aromatic carbocycles. The minimum absolute atomic E-state index is 0.734. The molecule has 0 saturated heterocycles. The molecule has 0 atom stereocenters. The molecule has 0 aliphatic heterocycles. The second kappa shape index (κ2) is 4.92. The maximum atomic E-state index is 4.27. The molecule has 2 aromatic rings. The summed E-state index contributed by atoms with van der Waals surface area (Å²) in [5.74, 6) is 0. The Bertz CT molecular complexity index is 508. The Kier molecular flexibility index (Phi) is 3.52. The lowest BCUT2D eigenvalue weighted by Gasteiger charge is -2.12. The van der Waals surface area contributed by atoms with E-state index in [2.05, 4.69) is 57.2 Å². The van der Waals surface area contributed by atoms with Crippen LogP contribution in [0.25, 0.3) is 0 Å². The maximum Gasteiger partial charge on any atom is 0.0925 e. The van der Waals surface area contributed by atoms with E-state index in [4.69, 9.17) is 0 Å². The fraction of sp³-hybridized carbons (Fsp3) is 0.308. The summed E-state index contributed by atoms with van der Waals surface area (Å²) in [7, 11) is 0. The van der Waals surface area contributed by atoms with Crippen LogP contribution in [0.1, 0.15) is 22.5 Å². The topological polar surface area (TPSA) is 40.7 Å². The summed E-state index contributed by atoms with van der Waals surface area (Å²) >= 11 is 3.59. The molecule has 2 N–H and O–H groups in total. The van der Waals surface area contributed by atoms with E-state index in [1.54, 1.807) is 6.33 Å². The molecule has 0 radical (unpaired) electrons. The normalized spacial score (nSPS) is 10.6. The molecule has 0 aliphatic carbocycles. The second-order valence-corrected chi connectivity index (χ2v) is 5.12. The van der Waals surface area contributed by atoms with Crippen molar-refractivity contribution in [3.63, 3.8) is 0 Å². The minimum Gasteiger partial charge on any atom is -0.378 e. The Morgan fingerprint density at radius 1 is 1.29 bits per heavy atom. The fourth-order valence-corrected chi connectivity index (χ4v) is 2.69. The number of nitrogens with one attached hydrogen (secondary N) is 2. The van der Waals surface area contributed by atoms with Crippen molar-refractivity contribution in [2.45, 2.75) is 27.3 Å². The molecule has 1 heterocycles. The van der Waals surface area contributed by atoms with Crippen molar-refractivity contribution in [1.82, 2.24) is 9.97 Å². The first-order chi connectivity index (χ1) is 8.08. The van der Waals surface area contributed by atoms with E-state index >= 15 is 0 Å². The van der Waals surface area contributed by atoms with Gasteiger partial charge in [-0.05, 0) is 53.9 Å². The number of hydrogen-bond acceptors (Lipinski definition) is 2. The van der Waals surface area contributed by atoms with Crippen molar-refractivity contribution in [2.24, 2.45) is 0 Å². The predicted molar refractivity (Wildman–Crippen MR) is 74.3 cm³/mol. The van der Waals surface area contributed by atoms with Crippen LogP contribution in [-0.2, 0) is 6.54 Å². The number of aromatic nitrogens is 2. The monoisotopic (exact) mass is 293 g/mol. The first-order valence-corrected chi connectivity index (χ1v) is 6.36. The third-order valence-corrected chi connectivity index (χ3v) is 3.42. The van der Waals surface area contributed by atoms with Gasteiger partial charge in [-0.15, -0.1) is 0 Å². The van der Waals surface area contributed by atoms with Crippen molar-refractivity contribution in [3.05, 3.63) is 45.4 Å². The number of rotatable bonds is 3. The highest BCUT2D eigenvalue weighted by Gasteiger charge is 2.06. The molecule has 0 spiro atoms. The molecule has 0 amide bonds. The zero-order chi connectivity index (χ0) is 12.4. The molecular formula is C13H16BrN3. The van der Waals surface area contributed by atoms with Crippen LogP contribution in [0.4, 0.5) is 5.69 Å². The maximum absolute atomic E-state index is 4.27. The molecule has 90 valence electrons. The molecule has 0 fully saturated rings. The van der Waals surface area contributed by atoms with E-state index in [1.165, 1.54) is 11.1 Å². The molecule has 2 rings (SSSR count). The summed E-state index contributed by atoms with van der Waals surface area (Å²) in [6.07, 6.45) is 1.73. The predicted octanol–water partition coefficient (Wildman–Crippen LogP) is 3.71. The van der Waals surface area contributed by atoms with Gasteiger partial charge in [0.2, 0.25) is 0 Å². The smallest absolute Gasteiger partial charge is 0.0925 e. The van der Waals surface area contributed by atoms with Crippen molar-refractivity contribution in [2.75, 3.05) is 5.32 Å². The lowest BCUT2D eigenvalue weighted by Crippen LogP contribution is -2.03.